The number of benzene rings is 2. The number of rotatable bonds is 5. The molecule has 1 aliphatic carbocycles. The summed E-state index contributed by atoms with van der Waals surface area (Å²) in [6.07, 6.45) is 6.90. The third-order valence-electron chi connectivity index (χ3n) is 8.77. The summed E-state index contributed by atoms with van der Waals surface area (Å²) in [6.45, 7) is 4.40. The minimum Gasteiger partial charge on any atom is -0.351 e. The van der Waals surface area contributed by atoms with E-state index in [1.165, 1.54) is 48.2 Å². The molecule has 6 nitrogen and oxygen atoms in total. The highest BCUT2D eigenvalue weighted by molar-refractivity contribution is 5.86. The molecule has 1 aromatic heterocycles. The van der Waals surface area contributed by atoms with Crippen LogP contribution in [0.2, 0.25) is 0 Å². The van der Waals surface area contributed by atoms with E-state index in [0.29, 0.717) is 11.5 Å². The van der Waals surface area contributed by atoms with Crippen LogP contribution in [-0.4, -0.2) is 47.3 Å². The van der Waals surface area contributed by atoms with Gasteiger partial charge in [-0.2, -0.15) is 0 Å². The normalized spacial score (nSPS) is 24.7. The highest BCUT2D eigenvalue weighted by Gasteiger charge is 2.49. The van der Waals surface area contributed by atoms with Crippen LogP contribution in [0.3, 0.4) is 0 Å². The van der Waals surface area contributed by atoms with Crippen molar-refractivity contribution >= 4 is 16.7 Å². The van der Waals surface area contributed by atoms with E-state index >= 15 is 0 Å². The average Bonchev–Trinajstić information content (AvgIpc) is 3.21. The molecule has 2 fully saturated rings. The summed E-state index contributed by atoms with van der Waals surface area (Å²) in [4.78, 5) is 7.35. The van der Waals surface area contributed by atoms with Crippen molar-refractivity contribution in [2.75, 3.05) is 25.1 Å². The molecule has 3 atom stereocenters. The first-order chi connectivity index (χ1) is 16.6. The predicted molar refractivity (Wildman–Crippen MR) is 135 cm³/mol. The van der Waals surface area contributed by atoms with Gasteiger partial charge < -0.3 is 24.6 Å². The summed E-state index contributed by atoms with van der Waals surface area (Å²) in [5.41, 5.74) is 6.37. The maximum atomic E-state index is 10.6. The molecule has 2 aliphatic heterocycles. The van der Waals surface area contributed by atoms with Gasteiger partial charge >= 0.3 is 0 Å². The SMILES string of the molecule is COC(O)N1c2ccc3c(nc(Cc4ccccc4)n3C3CCC34CCNCC4)c2CC[C@@H]1C. The van der Waals surface area contributed by atoms with Crippen molar-refractivity contribution in [1.29, 1.82) is 0 Å². The van der Waals surface area contributed by atoms with E-state index in [9.17, 15) is 5.11 Å². The molecule has 6 heteroatoms. The Morgan fingerprint density at radius 1 is 1.12 bits per heavy atom. The van der Waals surface area contributed by atoms with E-state index in [1.807, 2.05) is 4.90 Å². The number of hydrogen-bond donors (Lipinski definition) is 2. The summed E-state index contributed by atoms with van der Waals surface area (Å²) in [6, 6.07) is 15.9. The number of aliphatic hydroxyl groups is 1. The van der Waals surface area contributed by atoms with Crippen LogP contribution in [0.5, 0.6) is 0 Å². The molecule has 3 aliphatic rings. The van der Waals surface area contributed by atoms with Crippen molar-refractivity contribution in [3.63, 3.8) is 0 Å². The number of aromatic nitrogens is 2. The van der Waals surface area contributed by atoms with Crippen LogP contribution in [0.15, 0.2) is 42.5 Å². The van der Waals surface area contributed by atoms with Crippen LogP contribution in [0.25, 0.3) is 11.0 Å². The molecule has 1 spiro atoms. The number of nitrogens with one attached hydrogen (secondary N) is 1. The zero-order valence-corrected chi connectivity index (χ0v) is 20.3. The number of imidazole rings is 1. The second-order valence-corrected chi connectivity index (χ2v) is 10.5. The molecule has 1 saturated carbocycles. The Morgan fingerprint density at radius 2 is 1.91 bits per heavy atom. The molecular weight excluding hydrogens is 424 g/mol. The molecule has 0 radical (unpaired) electrons. The highest BCUT2D eigenvalue weighted by Crippen LogP contribution is 2.57. The quantitative estimate of drug-likeness (QED) is 0.553. The third kappa shape index (κ3) is 3.46. The van der Waals surface area contributed by atoms with E-state index in [2.05, 4.69) is 59.3 Å². The topological polar surface area (TPSA) is 62.6 Å². The number of fused-ring (bicyclic) bond motifs is 3. The Bertz CT molecular complexity index is 1170. The number of ether oxygens (including phenoxy) is 1. The Morgan fingerprint density at radius 3 is 2.62 bits per heavy atom. The summed E-state index contributed by atoms with van der Waals surface area (Å²) in [5, 5.41) is 14.2. The maximum absolute atomic E-state index is 10.6. The van der Waals surface area contributed by atoms with Gasteiger partial charge in [-0.1, -0.05) is 30.3 Å². The van der Waals surface area contributed by atoms with Gasteiger partial charge in [0.05, 0.1) is 11.0 Å². The van der Waals surface area contributed by atoms with E-state index < -0.39 is 6.41 Å². The molecule has 2 aromatic carbocycles. The monoisotopic (exact) mass is 460 g/mol. The summed E-state index contributed by atoms with van der Waals surface area (Å²) in [7, 11) is 1.56. The molecule has 1 saturated heterocycles. The van der Waals surface area contributed by atoms with E-state index in [-0.39, 0.29) is 6.04 Å². The van der Waals surface area contributed by atoms with E-state index in [0.717, 1.165) is 43.6 Å². The number of nitrogens with zero attached hydrogens (tertiary/aromatic N) is 3. The molecule has 2 N–H and O–H groups in total. The van der Waals surface area contributed by atoms with Gasteiger partial charge in [0.2, 0.25) is 6.41 Å². The van der Waals surface area contributed by atoms with Gasteiger partial charge in [-0.05, 0) is 81.6 Å². The van der Waals surface area contributed by atoms with Crippen LogP contribution in [0.1, 0.15) is 62.0 Å². The molecule has 6 rings (SSSR count). The van der Waals surface area contributed by atoms with Gasteiger partial charge in [0.15, 0.2) is 0 Å². The van der Waals surface area contributed by atoms with Crippen molar-refractivity contribution in [3.8, 4) is 0 Å². The van der Waals surface area contributed by atoms with Crippen LogP contribution >= 0.6 is 0 Å². The Kier molecular flexibility index (Phi) is 5.63. The van der Waals surface area contributed by atoms with Gasteiger partial charge in [-0.25, -0.2) is 4.98 Å². The van der Waals surface area contributed by atoms with Crippen LogP contribution in [-0.2, 0) is 17.6 Å². The first kappa shape index (κ1) is 22.1. The van der Waals surface area contributed by atoms with Crippen LogP contribution < -0.4 is 10.2 Å². The Labute approximate surface area is 201 Å². The van der Waals surface area contributed by atoms with Crippen LogP contribution in [0.4, 0.5) is 5.69 Å². The predicted octanol–water partition coefficient (Wildman–Crippen LogP) is 4.40. The molecule has 180 valence electrons. The minimum absolute atomic E-state index is 0.218. The van der Waals surface area contributed by atoms with Gasteiger partial charge in [0.1, 0.15) is 5.82 Å². The third-order valence-corrected chi connectivity index (χ3v) is 8.77. The number of aliphatic hydroxyl groups excluding tert-OH is 1. The zero-order valence-electron chi connectivity index (χ0n) is 20.3. The first-order valence-electron chi connectivity index (χ1n) is 12.9. The van der Waals surface area contributed by atoms with Gasteiger partial charge in [0.25, 0.3) is 0 Å². The van der Waals surface area contributed by atoms with Crippen molar-refractivity contribution < 1.29 is 9.84 Å². The summed E-state index contributed by atoms with van der Waals surface area (Å²) >= 11 is 0. The van der Waals surface area contributed by atoms with Crippen molar-refractivity contribution in [2.24, 2.45) is 5.41 Å². The van der Waals surface area contributed by atoms with Crippen molar-refractivity contribution in [3.05, 3.63) is 59.4 Å². The lowest BCUT2D eigenvalue weighted by atomic mass is 9.59. The molecule has 0 bridgehead atoms. The number of methoxy groups -OCH3 is 1. The summed E-state index contributed by atoms with van der Waals surface area (Å²) in [5.74, 6) is 1.18. The van der Waals surface area contributed by atoms with Gasteiger partial charge in [-0.15, -0.1) is 0 Å². The van der Waals surface area contributed by atoms with E-state index in [4.69, 9.17) is 9.72 Å². The highest BCUT2D eigenvalue weighted by atomic mass is 16.6. The lowest BCUT2D eigenvalue weighted by Gasteiger charge is -2.53. The van der Waals surface area contributed by atoms with Crippen molar-refractivity contribution in [2.45, 2.75) is 70.4 Å². The average molecular weight is 461 g/mol. The van der Waals surface area contributed by atoms with Gasteiger partial charge in [0, 0.05) is 36.9 Å². The standard InChI is InChI=1S/C28H36N4O2/c1-19-8-9-21-22(31(19)27(33)34-2)10-11-23-26(21)30-25(18-20-6-4-3-5-7-20)32(23)24-12-13-28(24)14-16-29-17-15-28/h3-7,10-11,19,24,27,29,33H,8-9,12-18H2,1-2H3/t19-,24?,27?/m0/s1. The molecule has 2 unspecified atom stereocenters. The summed E-state index contributed by atoms with van der Waals surface area (Å²) < 4.78 is 7.93. The number of aryl methyl sites for hydroxylation is 1. The first-order valence-corrected chi connectivity index (χ1v) is 12.9. The smallest absolute Gasteiger partial charge is 0.237 e. The van der Waals surface area contributed by atoms with E-state index in [1.54, 1.807) is 7.11 Å². The molecule has 0 amide bonds. The lowest BCUT2D eigenvalue weighted by molar-refractivity contribution is -0.0794. The zero-order chi connectivity index (χ0) is 23.3. The van der Waals surface area contributed by atoms with Gasteiger partial charge in [-0.3, -0.25) is 0 Å². The molecule has 3 aromatic rings. The number of anilines is 1. The maximum Gasteiger partial charge on any atom is 0.237 e. The number of piperidine rings is 1. The molecular formula is C28H36N4O2. The largest absolute Gasteiger partial charge is 0.351 e. The fourth-order valence-corrected chi connectivity index (χ4v) is 6.77. The van der Waals surface area contributed by atoms with Crippen molar-refractivity contribution in [1.82, 2.24) is 14.9 Å². The fraction of sp³-hybridized carbons (Fsp3) is 0.536. The minimum atomic E-state index is -0.943. The number of hydrogen-bond acceptors (Lipinski definition) is 5. The molecule has 3 heterocycles. The second-order valence-electron chi connectivity index (χ2n) is 10.5. The van der Waals surface area contributed by atoms with Crippen LogP contribution in [0, 0.1) is 5.41 Å². The second kappa shape index (κ2) is 8.67. The Balaban J connectivity index is 1.50. The fourth-order valence-electron chi connectivity index (χ4n) is 6.77. The Hall–Kier alpha value is -2.41. The lowest BCUT2D eigenvalue weighted by Crippen LogP contribution is -2.49. The molecule has 34 heavy (non-hydrogen) atoms.